The first-order valence-electron chi connectivity index (χ1n) is 7.67. The van der Waals surface area contributed by atoms with Gasteiger partial charge in [-0.15, -0.1) is 0 Å². The molecule has 1 saturated heterocycles. The zero-order valence-corrected chi connectivity index (χ0v) is 13.8. The summed E-state index contributed by atoms with van der Waals surface area (Å²) in [6, 6.07) is 8.01. The van der Waals surface area contributed by atoms with Crippen molar-refractivity contribution in [3.05, 3.63) is 35.4 Å². The molecule has 0 aliphatic carbocycles. The van der Waals surface area contributed by atoms with Crippen LogP contribution in [0, 0.1) is 12.8 Å². The van der Waals surface area contributed by atoms with E-state index in [1.165, 1.54) is 4.31 Å². The fourth-order valence-corrected chi connectivity index (χ4v) is 4.10. The smallest absolute Gasteiger partial charge is 0.214 e. The van der Waals surface area contributed by atoms with Gasteiger partial charge in [0.2, 0.25) is 10.0 Å². The van der Waals surface area contributed by atoms with Crippen LogP contribution in [0.15, 0.2) is 24.3 Å². The number of nitrogens with one attached hydrogen (secondary N) is 1. The molecule has 1 aliphatic heterocycles. The second-order valence-corrected chi connectivity index (χ2v) is 8.24. The number of nitrogens with zero attached hydrogens (tertiary/aromatic N) is 1. The van der Waals surface area contributed by atoms with Gasteiger partial charge in [0.15, 0.2) is 0 Å². The zero-order valence-electron chi connectivity index (χ0n) is 13.0. The van der Waals surface area contributed by atoms with Crippen molar-refractivity contribution in [1.82, 2.24) is 9.62 Å². The minimum Gasteiger partial charge on any atom is -0.317 e. The summed E-state index contributed by atoms with van der Waals surface area (Å²) in [5, 5.41) is 3.31. The largest absolute Gasteiger partial charge is 0.317 e. The van der Waals surface area contributed by atoms with Crippen LogP contribution in [-0.4, -0.2) is 38.6 Å². The van der Waals surface area contributed by atoms with Crippen LogP contribution in [0.1, 0.15) is 30.4 Å². The van der Waals surface area contributed by atoms with Crippen LogP contribution < -0.4 is 5.32 Å². The Labute approximate surface area is 128 Å². The number of aryl methyl sites for hydroxylation is 1. The first-order chi connectivity index (χ1) is 9.97. The maximum Gasteiger partial charge on any atom is 0.214 e. The SMILES string of the molecule is Cc1cccc(CN(C)S(=O)(=O)CCC2CCNCC2)c1. The van der Waals surface area contributed by atoms with E-state index in [2.05, 4.69) is 5.32 Å². The molecule has 1 N–H and O–H groups in total. The van der Waals surface area contributed by atoms with Crippen LogP contribution in [0.5, 0.6) is 0 Å². The quantitative estimate of drug-likeness (QED) is 0.876. The second-order valence-electron chi connectivity index (χ2n) is 6.04. The van der Waals surface area contributed by atoms with Gasteiger partial charge in [0.05, 0.1) is 5.75 Å². The summed E-state index contributed by atoms with van der Waals surface area (Å²) in [4.78, 5) is 0. The number of piperidine rings is 1. The fraction of sp³-hybridized carbons (Fsp3) is 0.625. The standard InChI is InChI=1S/C16H26N2O2S/c1-14-4-3-5-16(12-14)13-18(2)21(19,20)11-8-15-6-9-17-10-7-15/h3-5,12,15,17H,6-11,13H2,1-2H3. The molecule has 1 aliphatic rings. The van der Waals surface area contributed by atoms with Gasteiger partial charge in [0.1, 0.15) is 0 Å². The summed E-state index contributed by atoms with van der Waals surface area (Å²) < 4.78 is 26.2. The lowest BCUT2D eigenvalue weighted by molar-refractivity contribution is 0.362. The predicted octanol–water partition coefficient (Wildman–Crippen LogP) is 2.15. The Morgan fingerprint density at radius 2 is 2.00 bits per heavy atom. The van der Waals surface area contributed by atoms with Gasteiger partial charge in [0.25, 0.3) is 0 Å². The summed E-state index contributed by atoms with van der Waals surface area (Å²) in [5.74, 6) is 0.813. The molecule has 0 spiro atoms. The predicted molar refractivity (Wildman–Crippen MR) is 86.6 cm³/mol. The van der Waals surface area contributed by atoms with Gasteiger partial charge in [0, 0.05) is 13.6 Å². The van der Waals surface area contributed by atoms with Crippen molar-refractivity contribution in [3.63, 3.8) is 0 Å². The third-order valence-electron chi connectivity index (χ3n) is 4.21. The molecule has 21 heavy (non-hydrogen) atoms. The van der Waals surface area contributed by atoms with Gasteiger partial charge in [-0.2, -0.15) is 0 Å². The minimum atomic E-state index is -3.16. The highest BCUT2D eigenvalue weighted by molar-refractivity contribution is 7.89. The summed E-state index contributed by atoms with van der Waals surface area (Å²) in [6.07, 6.45) is 2.97. The lowest BCUT2D eigenvalue weighted by Crippen LogP contribution is -2.32. The molecule has 1 aromatic carbocycles. The normalized spacial score (nSPS) is 17.3. The van der Waals surface area contributed by atoms with Crippen LogP contribution >= 0.6 is 0 Å². The Hall–Kier alpha value is -0.910. The first-order valence-corrected chi connectivity index (χ1v) is 9.28. The van der Waals surface area contributed by atoms with E-state index in [9.17, 15) is 8.42 Å². The van der Waals surface area contributed by atoms with E-state index in [-0.39, 0.29) is 5.75 Å². The van der Waals surface area contributed by atoms with Gasteiger partial charge in [-0.1, -0.05) is 29.8 Å². The molecule has 1 fully saturated rings. The Balaban J connectivity index is 1.88. The number of benzene rings is 1. The maximum absolute atomic E-state index is 12.4. The second kappa shape index (κ2) is 7.38. The fourth-order valence-electron chi connectivity index (χ4n) is 2.81. The van der Waals surface area contributed by atoms with Crippen molar-refractivity contribution in [3.8, 4) is 0 Å². The average molecular weight is 310 g/mol. The van der Waals surface area contributed by atoms with Crippen LogP contribution in [0.3, 0.4) is 0 Å². The Kier molecular flexibility index (Phi) is 5.79. The van der Waals surface area contributed by atoms with Crippen molar-refractivity contribution in [1.29, 1.82) is 0 Å². The summed E-state index contributed by atoms with van der Waals surface area (Å²) in [7, 11) is -1.48. The molecule has 1 aromatic rings. The Morgan fingerprint density at radius 3 is 2.67 bits per heavy atom. The molecule has 0 radical (unpaired) electrons. The molecular formula is C16H26N2O2S. The van der Waals surface area contributed by atoms with Crippen molar-refractivity contribution in [2.24, 2.45) is 5.92 Å². The summed E-state index contributed by atoms with van der Waals surface area (Å²) in [6.45, 7) is 4.51. The van der Waals surface area contributed by atoms with Gasteiger partial charge in [-0.3, -0.25) is 0 Å². The molecule has 0 saturated carbocycles. The Morgan fingerprint density at radius 1 is 1.29 bits per heavy atom. The van der Waals surface area contributed by atoms with Gasteiger partial charge < -0.3 is 5.32 Å². The molecule has 0 amide bonds. The third-order valence-corrected chi connectivity index (χ3v) is 6.04. The van der Waals surface area contributed by atoms with Crippen molar-refractivity contribution < 1.29 is 8.42 Å². The highest BCUT2D eigenvalue weighted by Gasteiger charge is 2.21. The van der Waals surface area contributed by atoms with Crippen LogP contribution in [-0.2, 0) is 16.6 Å². The number of hydrogen-bond donors (Lipinski definition) is 1. The first kappa shape index (κ1) is 16.5. The van der Waals surface area contributed by atoms with Gasteiger partial charge >= 0.3 is 0 Å². The molecule has 1 heterocycles. The minimum absolute atomic E-state index is 0.264. The molecule has 4 nitrogen and oxygen atoms in total. The number of rotatable bonds is 6. The van der Waals surface area contributed by atoms with E-state index in [4.69, 9.17) is 0 Å². The molecule has 0 atom stereocenters. The van der Waals surface area contributed by atoms with Crippen LogP contribution in [0.4, 0.5) is 0 Å². The lowest BCUT2D eigenvalue weighted by Gasteiger charge is -2.24. The molecular weight excluding hydrogens is 284 g/mol. The lowest BCUT2D eigenvalue weighted by atomic mass is 9.96. The number of hydrogen-bond acceptors (Lipinski definition) is 3. The van der Waals surface area contributed by atoms with Crippen molar-refractivity contribution in [2.45, 2.75) is 32.7 Å². The van der Waals surface area contributed by atoms with E-state index >= 15 is 0 Å². The van der Waals surface area contributed by atoms with E-state index < -0.39 is 10.0 Å². The van der Waals surface area contributed by atoms with Crippen LogP contribution in [0.2, 0.25) is 0 Å². The van der Waals surface area contributed by atoms with Gasteiger partial charge in [-0.25, -0.2) is 12.7 Å². The molecule has 118 valence electrons. The molecule has 0 bridgehead atoms. The van der Waals surface area contributed by atoms with E-state index in [0.717, 1.165) is 43.5 Å². The summed E-state index contributed by atoms with van der Waals surface area (Å²) in [5.41, 5.74) is 2.20. The maximum atomic E-state index is 12.4. The topological polar surface area (TPSA) is 49.4 Å². The van der Waals surface area contributed by atoms with E-state index in [0.29, 0.717) is 12.5 Å². The molecule has 0 unspecified atom stereocenters. The van der Waals surface area contributed by atoms with E-state index in [1.54, 1.807) is 7.05 Å². The Bertz CT molecular complexity index is 551. The average Bonchev–Trinajstić information content (AvgIpc) is 2.46. The third kappa shape index (κ3) is 5.09. The summed E-state index contributed by atoms with van der Waals surface area (Å²) >= 11 is 0. The monoisotopic (exact) mass is 310 g/mol. The molecule has 0 aromatic heterocycles. The number of sulfonamides is 1. The van der Waals surface area contributed by atoms with Gasteiger partial charge in [-0.05, 0) is 50.8 Å². The van der Waals surface area contributed by atoms with Crippen LogP contribution in [0.25, 0.3) is 0 Å². The molecule has 2 rings (SSSR count). The zero-order chi connectivity index (χ0) is 15.3. The highest BCUT2D eigenvalue weighted by atomic mass is 32.2. The van der Waals surface area contributed by atoms with Crippen molar-refractivity contribution >= 4 is 10.0 Å². The highest BCUT2D eigenvalue weighted by Crippen LogP contribution is 2.18. The van der Waals surface area contributed by atoms with E-state index in [1.807, 2.05) is 31.2 Å². The molecule has 5 heteroatoms. The van der Waals surface area contributed by atoms with Crippen molar-refractivity contribution in [2.75, 3.05) is 25.9 Å².